The second-order valence-corrected chi connectivity index (χ2v) is 7.87. The third-order valence-electron chi connectivity index (χ3n) is 6.18. The zero-order valence-electron chi connectivity index (χ0n) is 17.2. The number of nitrogens with zero attached hydrogens (tertiary/aromatic N) is 3. The molecule has 0 saturated carbocycles. The van der Waals surface area contributed by atoms with Gasteiger partial charge in [0.05, 0.1) is 20.8 Å². The Bertz CT molecular complexity index is 784. The molecule has 8 nitrogen and oxygen atoms in total. The van der Waals surface area contributed by atoms with E-state index in [9.17, 15) is 9.59 Å². The van der Waals surface area contributed by atoms with E-state index in [0.29, 0.717) is 25.7 Å². The number of likely N-dealkylation sites (tertiary alicyclic amines) is 1. The minimum Gasteiger partial charge on any atom is -0.493 e. The molecule has 3 heterocycles. The highest BCUT2D eigenvalue weighted by Gasteiger charge is 2.32. The van der Waals surface area contributed by atoms with E-state index in [0.717, 1.165) is 50.4 Å². The number of methoxy groups -OCH3 is 2. The Morgan fingerprint density at radius 3 is 2.59 bits per heavy atom. The molecule has 1 atom stereocenters. The zero-order chi connectivity index (χ0) is 20.4. The third-order valence-corrected chi connectivity index (χ3v) is 6.18. The molecule has 2 fully saturated rings. The largest absolute Gasteiger partial charge is 0.493 e. The van der Waals surface area contributed by atoms with E-state index in [2.05, 4.69) is 17.0 Å². The summed E-state index contributed by atoms with van der Waals surface area (Å²) in [6, 6.07) is 4.49. The van der Waals surface area contributed by atoms with Crippen LogP contribution in [-0.2, 0) is 22.5 Å². The van der Waals surface area contributed by atoms with Gasteiger partial charge in [0, 0.05) is 32.2 Å². The second kappa shape index (κ2) is 8.49. The molecule has 4 rings (SSSR count). The lowest BCUT2D eigenvalue weighted by Gasteiger charge is -2.41. The van der Waals surface area contributed by atoms with Gasteiger partial charge in [0.15, 0.2) is 11.5 Å². The molecule has 0 spiro atoms. The number of hydrogen-bond acceptors (Lipinski definition) is 6. The van der Waals surface area contributed by atoms with Crippen molar-refractivity contribution in [3.05, 3.63) is 23.3 Å². The highest BCUT2D eigenvalue weighted by molar-refractivity contribution is 5.83. The summed E-state index contributed by atoms with van der Waals surface area (Å²) < 4.78 is 15.8. The van der Waals surface area contributed by atoms with Crippen LogP contribution < -0.4 is 9.47 Å². The van der Waals surface area contributed by atoms with Gasteiger partial charge in [-0.2, -0.15) is 0 Å². The molecule has 0 aromatic heterocycles. The van der Waals surface area contributed by atoms with E-state index >= 15 is 0 Å². The van der Waals surface area contributed by atoms with E-state index in [1.807, 2.05) is 4.90 Å². The van der Waals surface area contributed by atoms with Crippen LogP contribution in [0.2, 0.25) is 0 Å². The van der Waals surface area contributed by atoms with Crippen molar-refractivity contribution >= 4 is 12.0 Å². The number of cyclic esters (lactones) is 1. The first kappa shape index (κ1) is 19.8. The first-order valence-corrected chi connectivity index (χ1v) is 10.3. The van der Waals surface area contributed by atoms with Crippen LogP contribution in [0.3, 0.4) is 0 Å². The average Bonchev–Trinajstić information content (AvgIpc) is 3.16. The van der Waals surface area contributed by atoms with Crippen LogP contribution in [0.4, 0.5) is 4.79 Å². The molecule has 1 unspecified atom stereocenters. The van der Waals surface area contributed by atoms with Crippen molar-refractivity contribution < 1.29 is 23.8 Å². The quantitative estimate of drug-likeness (QED) is 0.742. The predicted molar refractivity (Wildman–Crippen MR) is 106 cm³/mol. The molecule has 2 saturated heterocycles. The maximum atomic E-state index is 12.7. The second-order valence-electron chi connectivity index (χ2n) is 7.87. The highest BCUT2D eigenvalue weighted by atomic mass is 16.6. The summed E-state index contributed by atoms with van der Waals surface area (Å²) in [6.07, 6.45) is 2.64. The van der Waals surface area contributed by atoms with Crippen LogP contribution in [-0.4, -0.2) is 86.3 Å². The molecule has 3 aliphatic heterocycles. The van der Waals surface area contributed by atoms with Crippen LogP contribution in [0.25, 0.3) is 0 Å². The Morgan fingerprint density at radius 2 is 1.90 bits per heavy atom. The van der Waals surface area contributed by atoms with Crippen molar-refractivity contribution in [1.29, 1.82) is 0 Å². The van der Waals surface area contributed by atoms with Crippen LogP contribution in [0, 0.1) is 0 Å². The van der Waals surface area contributed by atoms with Gasteiger partial charge in [-0.05, 0) is 42.5 Å². The van der Waals surface area contributed by atoms with Gasteiger partial charge in [0.1, 0.15) is 13.2 Å². The van der Waals surface area contributed by atoms with E-state index < -0.39 is 0 Å². The number of carbonyl (C=O) groups excluding carboxylic acids is 2. The molecule has 158 valence electrons. The third kappa shape index (κ3) is 4.12. The number of hydrogen-bond donors (Lipinski definition) is 0. The molecular formula is C21H29N3O5. The number of carbonyl (C=O) groups is 2. The Labute approximate surface area is 171 Å². The Kier molecular flexibility index (Phi) is 5.80. The molecule has 2 amide bonds. The van der Waals surface area contributed by atoms with Crippen LogP contribution in [0.15, 0.2) is 12.1 Å². The van der Waals surface area contributed by atoms with Crippen molar-refractivity contribution in [3.63, 3.8) is 0 Å². The number of rotatable bonds is 5. The first-order valence-electron chi connectivity index (χ1n) is 10.3. The van der Waals surface area contributed by atoms with E-state index in [1.54, 1.807) is 14.2 Å². The summed E-state index contributed by atoms with van der Waals surface area (Å²) in [6.45, 7) is 4.27. The van der Waals surface area contributed by atoms with Crippen LogP contribution >= 0.6 is 0 Å². The molecule has 1 aromatic carbocycles. The summed E-state index contributed by atoms with van der Waals surface area (Å²) in [7, 11) is 3.32. The molecule has 29 heavy (non-hydrogen) atoms. The molecule has 3 aliphatic rings. The normalized spacial score (nSPS) is 22.3. The van der Waals surface area contributed by atoms with Gasteiger partial charge < -0.3 is 19.1 Å². The van der Waals surface area contributed by atoms with Crippen LogP contribution in [0.5, 0.6) is 11.5 Å². The summed E-state index contributed by atoms with van der Waals surface area (Å²) in [5, 5.41) is 0. The lowest BCUT2D eigenvalue weighted by atomic mass is 9.95. The molecule has 8 heteroatoms. The fourth-order valence-electron chi connectivity index (χ4n) is 4.53. The monoisotopic (exact) mass is 403 g/mol. The van der Waals surface area contributed by atoms with Crippen molar-refractivity contribution in [2.75, 3.05) is 53.6 Å². The molecule has 0 N–H and O–H groups in total. The fourth-order valence-corrected chi connectivity index (χ4v) is 4.53. The number of amides is 2. The molecular weight excluding hydrogens is 374 g/mol. The van der Waals surface area contributed by atoms with Gasteiger partial charge in [0.2, 0.25) is 5.91 Å². The van der Waals surface area contributed by atoms with Gasteiger partial charge in [-0.15, -0.1) is 0 Å². The molecule has 0 radical (unpaired) electrons. The van der Waals surface area contributed by atoms with Gasteiger partial charge in [-0.1, -0.05) is 0 Å². The molecule has 0 aliphatic carbocycles. The minimum atomic E-state index is -0.385. The molecule has 1 aromatic rings. The summed E-state index contributed by atoms with van der Waals surface area (Å²) in [5.41, 5.74) is 2.56. The number of benzene rings is 1. The van der Waals surface area contributed by atoms with E-state index in [1.165, 1.54) is 16.0 Å². The Balaban J connectivity index is 1.40. The topological polar surface area (TPSA) is 71.6 Å². The number of fused-ring (bicyclic) bond motifs is 1. The van der Waals surface area contributed by atoms with Gasteiger partial charge in [0.25, 0.3) is 0 Å². The number of piperidine rings is 1. The standard InChI is InChI=1S/C21H29N3O5/c1-27-18-10-15-5-7-22(12-16(15)11-19(18)28-2)17-4-3-6-23(13-17)20(25)14-24-8-9-29-21(24)26/h10-11,17H,3-9,12-14H2,1-2H3. The lowest BCUT2D eigenvalue weighted by molar-refractivity contribution is -0.134. The SMILES string of the molecule is COc1cc2c(cc1OC)CN(C1CCCN(C(=O)CN3CCOC3=O)C1)CC2. The number of ether oxygens (including phenoxy) is 3. The van der Waals surface area contributed by atoms with E-state index in [-0.39, 0.29) is 18.5 Å². The van der Waals surface area contributed by atoms with Crippen molar-refractivity contribution in [3.8, 4) is 11.5 Å². The average molecular weight is 403 g/mol. The highest BCUT2D eigenvalue weighted by Crippen LogP contribution is 2.34. The summed E-state index contributed by atoms with van der Waals surface area (Å²) >= 11 is 0. The van der Waals surface area contributed by atoms with Crippen molar-refractivity contribution in [1.82, 2.24) is 14.7 Å². The smallest absolute Gasteiger partial charge is 0.410 e. The minimum absolute atomic E-state index is 0.0114. The summed E-state index contributed by atoms with van der Waals surface area (Å²) in [5.74, 6) is 1.54. The van der Waals surface area contributed by atoms with Gasteiger partial charge >= 0.3 is 6.09 Å². The molecule has 0 bridgehead atoms. The van der Waals surface area contributed by atoms with Crippen molar-refractivity contribution in [2.24, 2.45) is 0 Å². The maximum absolute atomic E-state index is 12.7. The first-order chi connectivity index (χ1) is 14.1. The van der Waals surface area contributed by atoms with Gasteiger partial charge in [-0.3, -0.25) is 14.6 Å². The van der Waals surface area contributed by atoms with E-state index in [4.69, 9.17) is 14.2 Å². The van der Waals surface area contributed by atoms with Gasteiger partial charge in [-0.25, -0.2) is 4.79 Å². The van der Waals surface area contributed by atoms with Crippen LogP contribution in [0.1, 0.15) is 24.0 Å². The predicted octanol–water partition coefficient (Wildman–Crippen LogP) is 1.51. The summed E-state index contributed by atoms with van der Waals surface area (Å²) in [4.78, 5) is 30.2. The van der Waals surface area contributed by atoms with Crippen molar-refractivity contribution in [2.45, 2.75) is 31.8 Å². The fraction of sp³-hybridized carbons (Fsp3) is 0.619. The maximum Gasteiger partial charge on any atom is 0.410 e. The lowest BCUT2D eigenvalue weighted by Crippen LogP contribution is -2.52. The Hall–Kier alpha value is -2.48. The zero-order valence-corrected chi connectivity index (χ0v) is 17.2. The Morgan fingerprint density at radius 1 is 1.14 bits per heavy atom.